The minimum absolute atomic E-state index is 0.00967. The van der Waals surface area contributed by atoms with E-state index in [0.29, 0.717) is 6.42 Å². The zero-order valence-electron chi connectivity index (χ0n) is 17.2. The molecule has 3 saturated heterocycles. The van der Waals surface area contributed by atoms with Crippen molar-refractivity contribution < 1.29 is 41.3 Å². The van der Waals surface area contributed by atoms with Crippen LogP contribution < -0.4 is 5.32 Å². The number of aliphatic hydroxyl groups excluding tert-OH is 1. The van der Waals surface area contributed by atoms with Crippen LogP contribution in [0.4, 0.5) is 22.0 Å². The van der Waals surface area contributed by atoms with Crippen LogP contribution in [0.5, 0.6) is 0 Å². The van der Waals surface area contributed by atoms with E-state index in [9.17, 15) is 31.9 Å². The summed E-state index contributed by atoms with van der Waals surface area (Å²) < 4.78 is 77.4. The van der Waals surface area contributed by atoms with Gasteiger partial charge in [0, 0.05) is 32.5 Å². The highest BCUT2D eigenvalue weighted by molar-refractivity contribution is 5.77. The molecular formula is C21H25F5N2O4. The lowest BCUT2D eigenvalue weighted by Gasteiger charge is -2.22. The predicted molar refractivity (Wildman–Crippen MR) is 102 cm³/mol. The van der Waals surface area contributed by atoms with Crippen LogP contribution in [0.25, 0.3) is 0 Å². The van der Waals surface area contributed by atoms with E-state index in [4.69, 9.17) is 9.47 Å². The first kappa shape index (κ1) is 23.3. The highest BCUT2D eigenvalue weighted by Crippen LogP contribution is 2.36. The van der Waals surface area contributed by atoms with Gasteiger partial charge in [0.25, 0.3) is 5.92 Å². The largest absolute Gasteiger partial charge is 0.416 e. The summed E-state index contributed by atoms with van der Waals surface area (Å²) in [6, 6.07) is 5.25. The molecule has 3 heterocycles. The SMILES string of the molecule is O=C(C[C@@H]1C[C@H]2O[C@H](CNCc3ccccc3C(F)(F)F)[C@@H](O)[C@H]2O1)N1CCC(F)(F)C1. The first-order chi connectivity index (χ1) is 15.0. The van der Waals surface area contributed by atoms with Gasteiger partial charge in [0.1, 0.15) is 12.2 Å². The van der Waals surface area contributed by atoms with Gasteiger partial charge in [-0.2, -0.15) is 13.2 Å². The normalized spacial score (nSPS) is 31.8. The Morgan fingerprint density at radius 3 is 2.66 bits per heavy atom. The zero-order valence-corrected chi connectivity index (χ0v) is 17.2. The highest BCUT2D eigenvalue weighted by Gasteiger charge is 2.51. The van der Waals surface area contributed by atoms with Crippen LogP contribution in [0.2, 0.25) is 0 Å². The van der Waals surface area contributed by atoms with Gasteiger partial charge in [0.05, 0.1) is 36.8 Å². The molecule has 4 rings (SSSR count). The van der Waals surface area contributed by atoms with E-state index in [0.717, 1.165) is 11.0 Å². The van der Waals surface area contributed by atoms with Crippen molar-refractivity contribution in [1.29, 1.82) is 0 Å². The third kappa shape index (κ3) is 5.05. The van der Waals surface area contributed by atoms with Crippen LogP contribution in [0.15, 0.2) is 24.3 Å². The minimum Gasteiger partial charge on any atom is -0.388 e. The van der Waals surface area contributed by atoms with E-state index in [-0.39, 0.29) is 38.0 Å². The maximum Gasteiger partial charge on any atom is 0.416 e. The van der Waals surface area contributed by atoms with Crippen molar-refractivity contribution in [2.75, 3.05) is 19.6 Å². The summed E-state index contributed by atoms with van der Waals surface area (Å²) in [6.45, 7) is -0.502. The van der Waals surface area contributed by atoms with Crippen molar-refractivity contribution in [2.24, 2.45) is 0 Å². The summed E-state index contributed by atoms with van der Waals surface area (Å²) in [7, 11) is 0. The van der Waals surface area contributed by atoms with Gasteiger partial charge in [-0.25, -0.2) is 8.78 Å². The monoisotopic (exact) mass is 464 g/mol. The third-order valence-corrected chi connectivity index (χ3v) is 6.19. The number of rotatable bonds is 6. The minimum atomic E-state index is -4.45. The molecule has 0 spiro atoms. The number of benzene rings is 1. The van der Waals surface area contributed by atoms with E-state index in [2.05, 4.69) is 5.32 Å². The first-order valence-corrected chi connectivity index (χ1v) is 10.5. The highest BCUT2D eigenvalue weighted by atomic mass is 19.4. The van der Waals surface area contributed by atoms with E-state index in [1.807, 2.05) is 0 Å². The Labute approximate surface area is 181 Å². The van der Waals surface area contributed by atoms with Crippen LogP contribution in [-0.4, -0.2) is 72.0 Å². The lowest BCUT2D eigenvalue weighted by Crippen LogP contribution is -2.39. The Balaban J connectivity index is 1.24. The van der Waals surface area contributed by atoms with Gasteiger partial charge < -0.3 is 24.8 Å². The lowest BCUT2D eigenvalue weighted by molar-refractivity contribution is -0.138. The molecule has 3 fully saturated rings. The summed E-state index contributed by atoms with van der Waals surface area (Å²) in [6.07, 6.45) is -7.86. The van der Waals surface area contributed by atoms with Crippen molar-refractivity contribution in [2.45, 2.75) is 68.4 Å². The molecule has 0 bridgehead atoms. The number of aliphatic hydroxyl groups is 1. The Kier molecular flexibility index (Phi) is 6.45. The van der Waals surface area contributed by atoms with Gasteiger partial charge in [-0.1, -0.05) is 18.2 Å². The number of hydrogen-bond donors (Lipinski definition) is 2. The molecule has 3 aliphatic rings. The average Bonchev–Trinajstić information content (AvgIpc) is 3.36. The lowest BCUT2D eigenvalue weighted by atomic mass is 10.1. The van der Waals surface area contributed by atoms with Gasteiger partial charge in [-0.15, -0.1) is 0 Å². The molecule has 0 saturated carbocycles. The molecule has 11 heteroatoms. The van der Waals surface area contributed by atoms with Crippen molar-refractivity contribution in [1.82, 2.24) is 10.2 Å². The predicted octanol–water partition coefficient (Wildman–Crippen LogP) is 2.34. The van der Waals surface area contributed by atoms with E-state index in [1.165, 1.54) is 18.2 Å². The van der Waals surface area contributed by atoms with E-state index >= 15 is 0 Å². The number of fused-ring (bicyclic) bond motifs is 1. The number of carbonyl (C=O) groups is 1. The molecule has 0 aliphatic carbocycles. The molecule has 2 N–H and O–H groups in total. The number of alkyl halides is 5. The molecule has 3 aliphatic heterocycles. The number of likely N-dealkylation sites (tertiary alicyclic amines) is 1. The Bertz CT molecular complexity index is 837. The summed E-state index contributed by atoms with van der Waals surface area (Å²) in [4.78, 5) is 13.4. The molecular weight excluding hydrogens is 439 g/mol. The number of halogens is 5. The fourth-order valence-corrected chi connectivity index (χ4v) is 4.58. The van der Waals surface area contributed by atoms with E-state index < -0.39 is 60.6 Å². The number of ether oxygens (including phenoxy) is 2. The second-order valence-corrected chi connectivity index (χ2v) is 8.57. The molecule has 32 heavy (non-hydrogen) atoms. The molecule has 1 amide bonds. The van der Waals surface area contributed by atoms with Crippen molar-refractivity contribution >= 4 is 5.91 Å². The Morgan fingerprint density at radius 2 is 2.00 bits per heavy atom. The van der Waals surface area contributed by atoms with Gasteiger partial charge in [0.15, 0.2) is 0 Å². The van der Waals surface area contributed by atoms with Crippen LogP contribution in [0.3, 0.4) is 0 Å². The summed E-state index contributed by atoms with van der Waals surface area (Å²) in [5, 5.41) is 13.4. The number of hydrogen-bond acceptors (Lipinski definition) is 5. The Hall–Kier alpha value is -1.82. The van der Waals surface area contributed by atoms with Crippen LogP contribution in [0.1, 0.15) is 30.4 Å². The summed E-state index contributed by atoms with van der Waals surface area (Å²) in [5.74, 6) is -3.27. The van der Waals surface area contributed by atoms with Crippen molar-refractivity contribution in [3.63, 3.8) is 0 Å². The number of carbonyl (C=O) groups excluding carboxylic acids is 1. The fraction of sp³-hybridized carbons (Fsp3) is 0.667. The van der Waals surface area contributed by atoms with Crippen LogP contribution in [0, 0.1) is 0 Å². The maximum absolute atomic E-state index is 13.3. The van der Waals surface area contributed by atoms with Gasteiger partial charge in [-0.3, -0.25) is 4.79 Å². The van der Waals surface area contributed by atoms with Gasteiger partial charge in [-0.05, 0) is 11.6 Å². The molecule has 178 valence electrons. The average molecular weight is 464 g/mol. The first-order valence-electron chi connectivity index (χ1n) is 10.5. The quantitative estimate of drug-likeness (QED) is 0.633. The maximum atomic E-state index is 13.3. The van der Waals surface area contributed by atoms with Crippen molar-refractivity contribution in [3.05, 3.63) is 35.4 Å². The smallest absolute Gasteiger partial charge is 0.388 e. The van der Waals surface area contributed by atoms with Crippen LogP contribution >= 0.6 is 0 Å². The third-order valence-electron chi connectivity index (χ3n) is 6.19. The summed E-state index contributed by atoms with van der Waals surface area (Å²) in [5.41, 5.74) is -0.626. The molecule has 0 radical (unpaired) electrons. The number of nitrogens with zero attached hydrogens (tertiary/aromatic N) is 1. The standard InChI is InChI=1S/C21H25F5N2O4/c22-20(23)5-6-28(11-20)17(29)8-13-7-15-19(31-13)18(30)16(32-15)10-27-9-12-3-1-2-4-14(12)21(24,25)26/h1-4,13,15-16,18-19,27,30H,5-11H2/t13-,15+,16+,18+,19-/m0/s1. The molecule has 0 aromatic heterocycles. The number of nitrogens with one attached hydrogen (secondary N) is 1. The summed E-state index contributed by atoms with van der Waals surface area (Å²) >= 11 is 0. The molecule has 5 atom stereocenters. The topological polar surface area (TPSA) is 71.0 Å². The second-order valence-electron chi connectivity index (χ2n) is 8.57. The van der Waals surface area contributed by atoms with Gasteiger partial charge in [0.2, 0.25) is 5.91 Å². The second kappa shape index (κ2) is 8.85. The number of amides is 1. The van der Waals surface area contributed by atoms with Gasteiger partial charge >= 0.3 is 6.18 Å². The van der Waals surface area contributed by atoms with E-state index in [1.54, 1.807) is 0 Å². The Morgan fingerprint density at radius 1 is 1.25 bits per heavy atom. The molecule has 0 unspecified atom stereocenters. The zero-order chi connectivity index (χ0) is 23.1. The molecule has 1 aromatic rings. The molecule has 1 aromatic carbocycles. The fourth-order valence-electron chi connectivity index (χ4n) is 4.58. The van der Waals surface area contributed by atoms with Crippen LogP contribution in [-0.2, 0) is 27.0 Å². The molecule has 6 nitrogen and oxygen atoms in total. The van der Waals surface area contributed by atoms with Crippen molar-refractivity contribution in [3.8, 4) is 0 Å².